The van der Waals surface area contributed by atoms with Crippen LogP contribution in [0, 0.1) is 5.82 Å². The van der Waals surface area contributed by atoms with Crippen molar-refractivity contribution >= 4 is 17.6 Å². The number of amides is 2. The number of halogens is 1. The van der Waals surface area contributed by atoms with Crippen LogP contribution >= 0.6 is 0 Å². The van der Waals surface area contributed by atoms with Crippen LogP contribution in [0.4, 0.5) is 14.9 Å². The zero-order chi connectivity index (χ0) is 13.1. The molecule has 2 amide bonds. The first kappa shape index (κ1) is 12.2. The fourth-order valence-corrected chi connectivity index (χ4v) is 1.51. The van der Waals surface area contributed by atoms with Gasteiger partial charge in [-0.1, -0.05) is 11.2 Å². The van der Waals surface area contributed by atoms with Crippen LogP contribution in [-0.4, -0.2) is 23.1 Å². The summed E-state index contributed by atoms with van der Waals surface area (Å²) in [6.45, 7) is 0. The molecule has 0 spiro atoms. The van der Waals surface area contributed by atoms with Crippen LogP contribution in [0.1, 0.15) is 18.4 Å². The summed E-state index contributed by atoms with van der Waals surface area (Å²) >= 11 is 0. The summed E-state index contributed by atoms with van der Waals surface area (Å²) in [6, 6.07) is 3.82. The number of nitrogens with two attached hydrogens (primary N) is 1. The van der Waals surface area contributed by atoms with Gasteiger partial charge in [0.05, 0.1) is 11.3 Å². The lowest BCUT2D eigenvalue weighted by Crippen LogP contribution is -2.31. The van der Waals surface area contributed by atoms with Gasteiger partial charge in [0, 0.05) is 6.04 Å². The molecule has 96 valence electrons. The van der Waals surface area contributed by atoms with E-state index in [2.05, 4.69) is 15.8 Å². The van der Waals surface area contributed by atoms with Crippen molar-refractivity contribution in [3.05, 3.63) is 29.6 Å². The summed E-state index contributed by atoms with van der Waals surface area (Å²) in [6.07, 6.45) is 1.90. The minimum Gasteiger partial charge on any atom is -0.409 e. The number of oxime groups is 1. The molecule has 7 heteroatoms. The number of nitrogens with one attached hydrogen (secondary N) is 2. The first-order valence-electron chi connectivity index (χ1n) is 5.45. The number of hydrogen-bond donors (Lipinski definition) is 4. The summed E-state index contributed by atoms with van der Waals surface area (Å²) in [4.78, 5) is 11.5. The number of hydrogen-bond acceptors (Lipinski definition) is 3. The van der Waals surface area contributed by atoms with Gasteiger partial charge in [-0.3, -0.25) is 0 Å². The molecule has 1 aliphatic rings. The highest BCUT2D eigenvalue weighted by atomic mass is 19.1. The number of anilines is 1. The van der Waals surface area contributed by atoms with Crippen LogP contribution in [0.3, 0.4) is 0 Å². The van der Waals surface area contributed by atoms with Crippen molar-refractivity contribution < 1.29 is 14.4 Å². The average Bonchev–Trinajstić information content (AvgIpc) is 3.12. The van der Waals surface area contributed by atoms with Gasteiger partial charge >= 0.3 is 6.03 Å². The summed E-state index contributed by atoms with van der Waals surface area (Å²) in [5.41, 5.74) is 5.40. The minimum atomic E-state index is -0.672. The highest BCUT2D eigenvalue weighted by Crippen LogP contribution is 2.21. The third-order valence-corrected chi connectivity index (χ3v) is 2.54. The van der Waals surface area contributed by atoms with Crippen LogP contribution < -0.4 is 16.4 Å². The number of carbonyl (C=O) groups is 1. The Labute approximate surface area is 103 Å². The van der Waals surface area contributed by atoms with E-state index in [0.717, 1.165) is 18.9 Å². The smallest absolute Gasteiger partial charge is 0.319 e. The number of rotatable bonds is 3. The summed E-state index contributed by atoms with van der Waals surface area (Å²) < 4.78 is 13.6. The SMILES string of the molecule is NC(=NO)c1c(F)cccc1NC(=O)NC1CC1. The van der Waals surface area contributed by atoms with E-state index in [9.17, 15) is 9.18 Å². The molecule has 0 radical (unpaired) electrons. The van der Waals surface area contributed by atoms with Crippen molar-refractivity contribution in [2.75, 3.05) is 5.32 Å². The van der Waals surface area contributed by atoms with E-state index in [4.69, 9.17) is 10.9 Å². The topological polar surface area (TPSA) is 99.7 Å². The molecule has 0 heterocycles. The average molecular weight is 252 g/mol. The number of benzene rings is 1. The molecule has 0 atom stereocenters. The molecule has 1 aromatic rings. The second-order valence-corrected chi connectivity index (χ2v) is 4.02. The Balaban J connectivity index is 2.20. The summed E-state index contributed by atoms with van der Waals surface area (Å²) in [5, 5.41) is 16.5. The van der Waals surface area contributed by atoms with E-state index in [1.54, 1.807) is 0 Å². The zero-order valence-corrected chi connectivity index (χ0v) is 9.48. The maximum Gasteiger partial charge on any atom is 0.319 e. The van der Waals surface area contributed by atoms with Gasteiger partial charge in [0.1, 0.15) is 5.82 Å². The largest absolute Gasteiger partial charge is 0.409 e. The molecule has 1 fully saturated rings. The molecule has 0 aliphatic heterocycles. The predicted molar refractivity (Wildman–Crippen MR) is 64.1 cm³/mol. The monoisotopic (exact) mass is 252 g/mol. The summed E-state index contributed by atoms with van der Waals surface area (Å²) in [7, 11) is 0. The molecule has 0 saturated heterocycles. The molecular formula is C11H13FN4O2. The van der Waals surface area contributed by atoms with Crippen molar-refractivity contribution in [3.63, 3.8) is 0 Å². The van der Waals surface area contributed by atoms with E-state index in [1.165, 1.54) is 12.1 Å². The number of carbonyl (C=O) groups excluding carboxylic acids is 1. The Hall–Kier alpha value is -2.31. The summed E-state index contributed by atoms with van der Waals surface area (Å²) in [5.74, 6) is -1.07. The lowest BCUT2D eigenvalue weighted by atomic mass is 10.1. The molecule has 0 unspecified atom stereocenters. The van der Waals surface area contributed by atoms with Gasteiger partial charge < -0.3 is 21.6 Å². The molecule has 0 aromatic heterocycles. The molecule has 0 bridgehead atoms. The van der Waals surface area contributed by atoms with Gasteiger partial charge in [-0.25, -0.2) is 9.18 Å². The molecule has 1 aliphatic carbocycles. The van der Waals surface area contributed by atoms with Gasteiger partial charge in [-0.15, -0.1) is 0 Å². The van der Waals surface area contributed by atoms with Crippen molar-refractivity contribution in [2.24, 2.45) is 10.9 Å². The van der Waals surface area contributed by atoms with Gasteiger partial charge in [0.25, 0.3) is 0 Å². The quantitative estimate of drug-likeness (QED) is 0.281. The fraction of sp³-hybridized carbons (Fsp3) is 0.273. The number of urea groups is 1. The van der Waals surface area contributed by atoms with Crippen LogP contribution in [0.2, 0.25) is 0 Å². The number of amidine groups is 1. The lowest BCUT2D eigenvalue weighted by molar-refractivity contribution is 0.251. The molecule has 18 heavy (non-hydrogen) atoms. The van der Waals surface area contributed by atoms with E-state index in [-0.39, 0.29) is 17.3 Å². The Morgan fingerprint density at radius 1 is 1.50 bits per heavy atom. The molecule has 5 N–H and O–H groups in total. The predicted octanol–water partition coefficient (Wildman–Crippen LogP) is 1.20. The third kappa shape index (κ3) is 2.68. The van der Waals surface area contributed by atoms with Crippen LogP contribution in [-0.2, 0) is 0 Å². The van der Waals surface area contributed by atoms with E-state index in [0.29, 0.717) is 0 Å². The first-order valence-corrected chi connectivity index (χ1v) is 5.45. The van der Waals surface area contributed by atoms with Crippen molar-refractivity contribution in [1.82, 2.24) is 5.32 Å². The third-order valence-electron chi connectivity index (χ3n) is 2.54. The molecule has 1 saturated carbocycles. The Morgan fingerprint density at radius 2 is 2.22 bits per heavy atom. The minimum absolute atomic E-state index is 0.133. The Morgan fingerprint density at radius 3 is 2.83 bits per heavy atom. The van der Waals surface area contributed by atoms with Gasteiger partial charge in [0.2, 0.25) is 0 Å². The molecule has 1 aromatic carbocycles. The number of nitrogens with zero attached hydrogens (tertiary/aromatic N) is 1. The fourth-order valence-electron chi connectivity index (χ4n) is 1.51. The Bertz CT molecular complexity index is 500. The van der Waals surface area contributed by atoms with E-state index in [1.807, 2.05) is 0 Å². The molecule has 2 rings (SSSR count). The normalized spacial score (nSPS) is 15.3. The molecule has 6 nitrogen and oxygen atoms in total. The maximum atomic E-state index is 13.6. The van der Waals surface area contributed by atoms with Crippen LogP contribution in [0.15, 0.2) is 23.4 Å². The van der Waals surface area contributed by atoms with Crippen molar-refractivity contribution in [3.8, 4) is 0 Å². The van der Waals surface area contributed by atoms with E-state index < -0.39 is 17.7 Å². The van der Waals surface area contributed by atoms with E-state index >= 15 is 0 Å². The zero-order valence-electron chi connectivity index (χ0n) is 9.48. The lowest BCUT2D eigenvalue weighted by Gasteiger charge is -2.11. The Kier molecular flexibility index (Phi) is 3.31. The molecular weight excluding hydrogens is 239 g/mol. The van der Waals surface area contributed by atoms with Crippen molar-refractivity contribution in [2.45, 2.75) is 18.9 Å². The second-order valence-electron chi connectivity index (χ2n) is 4.02. The first-order chi connectivity index (χ1) is 8.61. The van der Waals surface area contributed by atoms with Gasteiger partial charge in [-0.2, -0.15) is 0 Å². The maximum absolute atomic E-state index is 13.6. The standard InChI is InChI=1S/C11H13FN4O2/c12-7-2-1-3-8(9(7)10(13)16-18)15-11(17)14-6-4-5-6/h1-3,6,18H,4-5H2,(H2,13,16)(H2,14,15,17). The van der Waals surface area contributed by atoms with Gasteiger partial charge in [-0.05, 0) is 25.0 Å². The highest BCUT2D eigenvalue weighted by Gasteiger charge is 2.24. The van der Waals surface area contributed by atoms with Crippen molar-refractivity contribution in [1.29, 1.82) is 0 Å². The van der Waals surface area contributed by atoms with Gasteiger partial charge in [0.15, 0.2) is 5.84 Å². The highest BCUT2D eigenvalue weighted by molar-refractivity contribution is 6.05. The second kappa shape index (κ2) is 4.91. The van der Waals surface area contributed by atoms with Crippen LogP contribution in [0.5, 0.6) is 0 Å². The van der Waals surface area contributed by atoms with Crippen LogP contribution in [0.25, 0.3) is 0 Å².